The lowest BCUT2D eigenvalue weighted by Gasteiger charge is -2.40. The van der Waals surface area contributed by atoms with Crippen molar-refractivity contribution in [2.75, 3.05) is 23.5 Å². The molecule has 2 aliphatic rings. The first-order chi connectivity index (χ1) is 18.3. The van der Waals surface area contributed by atoms with Crippen molar-refractivity contribution in [3.63, 3.8) is 0 Å². The van der Waals surface area contributed by atoms with Gasteiger partial charge in [0.2, 0.25) is 11.8 Å². The van der Waals surface area contributed by atoms with Crippen LogP contribution < -0.4 is 15.0 Å². The number of benzene rings is 2. The molecule has 2 aromatic carbocycles. The van der Waals surface area contributed by atoms with Crippen LogP contribution in [0.15, 0.2) is 42.6 Å². The maximum atomic E-state index is 13.4. The van der Waals surface area contributed by atoms with Gasteiger partial charge in [-0.3, -0.25) is 9.69 Å². The first kappa shape index (κ1) is 26.7. The standard InChI is InChI=1S/C28H29ClFN5O4/c1-27(2,3)39-26(37)34-13-16-10-18(7-8-20(16)28(4,5)14-34)32-25-31-12-19-23(33-25)38-15-35(24(19)36)22-9-6-17(30)11-21(22)29/h6-12H,13-15H2,1-5H3,(H,31,32,33). The van der Waals surface area contributed by atoms with E-state index in [0.717, 1.165) is 22.9 Å². The molecule has 0 radical (unpaired) electrons. The van der Waals surface area contributed by atoms with E-state index < -0.39 is 17.3 Å². The topological polar surface area (TPSA) is 96.9 Å². The summed E-state index contributed by atoms with van der Waals surface area (Å²) in [4.78, 5) is 37.6. The Kier molecular flexibility index (Phi) is 6.62. The van der Waals surface area contributed by atoms with Crippen molar-refractivity contribution in [3.8, 4) is 5.88 Å². The van der Waals surface area contributed by atoms with Crippen LogP contribution >= 0.6 is 11.6 Å². The summed E-state index contributed by atoms with van der Waals surface area (Å²) in [6, 6.07) is 9.70. The summed E-state index contributed by atoms with van der Waals surface area (Å²) in [6.07, 6.45) is 1.03. The summed E-state index contributed by atoms with van der Waals surface area (Å²) in [6.45, 7) is 10.6. The number of nitrogens with zero attached hydrogens (tertiary/aromatic N) is 4. The number of aromatic nitrogens is 2. The molecule has 1 N–H and O–H groups in total. The van der Waals surface area contributed by atoms with Crippen LogP contribution in [0.3, 0.4) is 0 Å². The Hall–Kier alpha value is -3.92. The zero-order valence-electron chi connectivity index (χ0n) is 22.3. The molecule has 0 saturated carbocycles. The zero-order valence-corrected chi connectivity index (χ0v) is 23.1. The molecule has 0 aliphatic carbocycles. The zero-order chi connectivity index (χ0) is 28.1. The third kappa shape index (κ3) is 5.47. The van der Waals surface area contributed by atoms with E-state index in [0.29, 0.717) is 18.8 Å². The smallest absolute Gasteiger partial charge is 0.410 e. The van der Waals surface area contributed by atoms with Crippen LogP contribution in [0.5, 0.6) is 5.88 Å². The van der Waals surface area contributed by atoms with E-state index in [4.69, 9.17) is 21.1 Å². The number of rotatable bonds is 3. The molecule has 0 atom stereocenters. The second-order valence-corrected chi connectivity index (χ2v) is 11.6. The van der Waals surface area contributed by atoms with Crippen LogP contribution in [-0.4, -0.2) is 45.7 Å². The number of ether oxygens (including phenoxy) is 2. The van der Waals surface area contributed by atoms with Gasteiger partial charge in [0.25, 0.3) is 5.91 Å². The van der Waals surface area contributed by atoms with Crippen molar-refractivity contribution in [1.82, 2.24) is 14.9 Å². The van der Waals surface area contributed by atoms with Crippen molar-refractivity contribution < 1.29 is 23.5 Å². The van der Waals surface area contributed by atoms with Crippen LogP contribution in [0.1, 0.15) is 56.1 Å². The summed E-state index contributed by atoms with van der Waals surface area (Å²) in [5, 5.41) is 3.26. The van der Waals surface area contributed by atoms with Crippen molar-refractivity contribution in [1.29, 1.82) is 0 Å². The molecule has 3 aromatic rings. The van der Waals surface area contributed by atoms with Crippen LogP contribution in [-0.2, 0) is 16.7 Å². The van der Waals surface area contributed by atoms with Crippen molar-refractivity contribution in [2.45, 2.75) is 52.2 Å². The molecule has 11 heteroatoms. The molecule has 0 fully saturated rings. The van der Waals surface area contributed by atoms with Crippen LogP contribution in [0.25, 0.3) is 0 Å². The molecule has 2 amide bonds. The Morgan fingerprint density at radius 2 is 1.97 bits per heavy atom. The molecule has 3 heterocycles. The van der Waals surface area contributed by atoms with Gasteiger partial charge >= 0.3 is 6.09 Å². The quantitative estimate of drug-likeness (QED) is 0.422. The third-order valence-corrected chi connectivity index (χ3v) is 6.75. The van der Waals surface area contributed by atoms with Gasteiger partial charge in [0.1, 0.15) is 17.0 Å². The largest absolute Gasteiger partial charge is 0.455 e. The fraction of sp³-hybridized carbons (Fsp3) is 0.357. The number of hydrogen-bond donors (Lipinski definition) is 1. The van der Waals surface area contributed by atoms with Gasteiger partial charge in [-0.05, 0) is 62.2 Å². The average molecular weight is 554 g/mol. The molecule has 204 valence electrons. The lowest BCUT2D eigenvalue weighted by Crippen LogP contribution is -2.46. The van der Waals surface area contributed by atoms with Gasteiger partial charge in [0.05, 0.1) is 10.7 Å². The SMILES string of the molecule is CC(C)(C)OC(=O)N1Cc2cc(Nc3ncc4c(n3)OCN(c3ccc(F)cc3Cl)C4=O)ccc2C(C)(C)C1. The Labute approximate surface area is 230 Å². The Balaban J connectivity index is 1.35. The number of hydrogen-bond acceptors (Lipinski definition) is 7. The molecule has 1 aromatic heterocycles. The fourth-order valence-corrected chi connectivity index (χ4v) is 5.03. The fourth-order valence-electron chi connectivity index (χ4n) is 4.76. The maximum Gasteiger partial charge on any atom is 0.410 e. The van der Waals surface area contributed by atoms with Crippen LogP contribution in [0.4, 0.5) is 26.5 Å². The number of nitrogens with one attached hydrogen (secondary N) is 1. The molecular formula is C28H29ClFN5O4. The minimum absolute atomic E-state index is 0.0930. The second-order valence-electron chi connectivity index (χ2n) is 11.2. The second kappa shape index (κ2) is 9.68. The third-order valence-electron chi connectivity index (χ3n) is 6.45. The molecular weight excluding hydrogens is 525 g/mol. The van der Waals surface area contributed by atoms with Crippen LogP contribution in [0, 0.1) is 5.82 Å². The molecule has 9 nitrogen and oxygen atoms in total. The van der Waals surface area contributed by atoms with Gasteiger partial charge < -0.3 is 19.7 Å². The van der Waals surface area contributed by atoms with Crippen molar-refractivity contribution >= 4 is 40.9 Å². The highest BCUT2D eigenvalue weighted by atomic mass is 35.5. The van der Waals surface area contributed by atoms with E-state index in [-0.39, 0.29) is 40.7 Å². The lowest BCUT2D eigenvalue weighted by molar-refractivity contribution is 0.0174. The van der Waals surface area contributed by atoms with Crippen LogP contribution in [0.2, 0.25) is 5.02 Å². The Morgan fingerprint density at radius 1 is 1.21 bits per heavy atom. The molecule has 2 aliphatic heterocycles. The normalized spacial score (nSPS) is 16.2. The number of fused-ring (bicyclic) bond motifs is 2. The Bertz CT molecular complexity index is 1470. The van der Waals surface area contributed by atoms with E-state index in [2.05, 4.69) is 29.1 Å². The lowest BCUT2D eigenvalue weighted by atomic mass is 9.78. The highest BCUT2D eigenvalue weighted by molar-refractivity contribution is 6.34. The van der Waals surface area contributed by atoms with E-state index in [9.17, 15) is 14.0 Å². The van der Waals surface area contributed by atoms with Gasteiger partial charge in [-0.25, -0.2) is 14.2 Å². The molecule has 0 saturated heterocycles. The monoisotopic (exact) mass is 553 g/mol. The summed E-state index contributed by atoms with van der Waals surface area (Å²) < 4.78 is 24.8. The highest BCUT2D eigenvalue weighted by Crippen LogP contribution is 2.36. The molecule has 0 bridgehead atoms. The molecule has 0 spiro atoms. The first-order valence-electron chi connectivity index (χ1n) is 12.5. The van der Waals surface area contributed by atoms with Gasteiger partial charge in [-0.15, -0.1) is 0 Å². The van der Waals surface area contributed by atoms with Gasteiger partial charge in [-0.1, -0.05) is 31.5 Å². The van der Waals surface area contributed by atoms with E-state index in [1.807, 2.05) is 39.0 Å². The number of carbonyl (C=O) groups excluding carboxylic acids is 2. The Morgan fingerprint density at radius 3 is 2.69 bits per heavy atom. The highest BCUT2D eigenvalue weighted by Gasteiger charge is 2.36. The first-order valence-corrected chi connectivity index (χ1v) is 12.8. The van der Waals surface area contributed by atoms with Gasteiger partial charge in [0, 0.05) is 30.4 Å². The minimum Gasteiger partial charge on any atom is -0.455 e. The van der Waals surface area contributed by atoms with Crippen molar-refractivity contribution in [2.24, 2.45) is 0 Å². The summed E-state index contributed by atoms with van der Waals surface area (Å²) in [7, 11) is 0. The summed E-state index contributed by atoms with van der Waals surface area (Å²) in [5.41, 5.74) is 2.49. The number of halogens is 2. The van der Waals surface area contributed by atoms with Crippen molar-refractivity contribution in [3.05, 3.63) is 70.1 Å². The maximum absolute atomic E-state index is 13.4. The number of amides is 2. The molecule has 5 rings (SSSR count). The average Bonchev–Trinajstić information content (AvgIpc) is 2.83. The number of carbonyl (C=O) groups is 2. The summed E-state index contributed by atoms with van der Waals surface area (Å²) in [5.74, 6) is -0.539. The molecule has 39 heavy (non-hydrogen) atoms. The molecule has 0 unspecified atom stereocenters. The van der Waals surface area contributed by atoms with E-state index >= 15 is 0 Å². The predicted octanol–water partition coefficient (Wildman–Crippen LogP) is 6.04. The van der Waals surface area contributed by atoms with Gasteiger partial charge in [0.15, 0.2) is 6.73 Å². The predicted molar refractivity (Wildman–Crippen MR) is 145 cm³/mol. The van der Waals surface area contributed by atoms with Gasteiger partial charge in [-0.2, -0.15) is 4.98 Å². The summed E-state index contributed by atoms with van der Waals surface area (Å²) >= 11 is 6.13. The van der Waals surface area contributed by atoms with E-state index in [1.165, 1.54) is 23.2 Å². The minimum atomic E-state index is -0.583. The number of anilines is 3. The van der Waals surface area contributed by atoms with E-state index in [1.54, 1.807) is 4.90 Å².